The van der Waals surface area contributed by atoms with Crippen molar-refractivity contribution in [3.63, 3.8) is 0 Å². The molecule has 1 N–H and O–H groups in total. The Morgan fingerprint density at radius 3 is 2.35 bits per heavy atom. The van der Waals surface area contributed by atoms with E-state index in [1.54, 1.807) is 7.11 Å². The van der Waals surface area contributed by atoms with Gasteiger partial charge in [-0.3, -0.25) is 0 Å². The van der Waals surface area contributed by atoms with Gasteiger partial charge in [0.15, 0.2) is 0 Å². The molecule has 2 heteroatoms. The van der Waals surface area contributed by atoms with Crippen molar-refractivity contribution in [2.75, 3.05) is 14.2 Å². The number of ether oxygens (including phenoxy) is 1. The molecule has 0 radical (unpaired) electrons. The lowest BCUT2D eigenvalue weighted by Crippen LogP contribution is -2.25. The Balaban J connectivity index is 3.13. The van der Waals surface area contributed by atoms with Gasteiger partial charge in [0.25, 0.3) is 0 Å². The van der Waals surface area contributed by atoms with Crippen LogP contribution in [0.4, 0.5) is 0 Å². The van der Waals surface area contributed by atoms with Crippen LogP contribution in [-0.2, 0) is 0 Å². The maximum Gasteiger partial charge on any atom is 0.123 e. The average molecular weight is 235 g/mol. The summed E-state index contributed by atoms with van der Waals surface area (Å²) in [5.41, 5.74) is 2.57. The fourth-order valence-corrected chi connectivity index (χ4v) is 2.50. The summed E-state index contributed by atoms with van der Waals surface area (Å²) in [6.07, 6.45) is 2.36. The SMILES string of the molecule is CCC(CC)C(NC)c1cc(C)ccc1OC. The molecule has 96 valence electrons. The lowest BCUT2D eigenvalue weighted by molar-refractivity contribution is 0.340. The molecule has 0 heterocycles. The fourth-order valence-electron chi connectivity index (χ4n) is 2.50. The molecule has 0 aliphatic rings. The van der Waals surface area contributed by atoms with E-state index in [4.69, 9.17) is 4.74 Å². The minimum Gasteiger partial charge on any atom is -0.496 e. The van der Waals surface area contributed by atoms with Crippen LogP contribution in [0.2, 0.25) is 0 Å². The molecule has 0 aliphatic heterocycles. The summed E-state index contributed by atoms with van der Waals surface area (Å²) < 4.78 is 5.48. The molecule has 0 aromatic heterocycles. The van der Waals surface area contributed by atoms with Crippen molar-refractivity contribution in [2.45, 2.75) is 39.7 Å². The Morgan fingerprint density at radius 1 is 1.24 bits per heavy atom. The lowest BCUT2D eigenvalue weighted by atomic mass is 9.88. The van der Waals surface area contributed by atoms with E-state index in [1.807, 2.05) is 7.05 Å². The van der Waals surface area contributed by atoms with Gasteiger partial charge in [-0.2, -0.15) is 0 Å². The number of nitrogens with one attached hydrogen (secondary N) is 1. The van der Waals surface area contributed by atoms with E-state index in [-0.39, 0.29) is 0 Å². The molecule has 1 aromatic carbocycles. The molecule has 2 nitrogen and oxygen atoms in total. The molecule has 0 aliphatic carbocycles. The monoisotopic (exact) mass is 235 g/mol. The summed E-state index contributed by atoms with van der Waals surface area (Å²) in [5, 5.41) is 3.44. The van der Waals surface area contributed by atoms with Crippen LogP contribution in [0.3, 0.4) is 0 Å². The average Bonchev–Trinajstić information content (AvgIpc) is 2.35. The second-order valence-corrected chi connectivity index (χ2v) is 4.59. The maximum absolute atomic E-state index is 5.48. The highest BCUT2D eigenvalue weighted by atomic mass is 16.5. The van der Waals surface area contributed by atoms with E-state index >= 15 is 0 Å². The van der Waals surface area contributed by atoms with Crippen LogP contribution in [0.1, 0.15) is 43.9 Å². The van der Waals surface area contributed by atoms with Crippen molar-refractivity contribution in [3.05, 3.63) is 29.3 Å². The third-order valence-corrected chi connectivity index (χ3v) is 3.55. The summed E-state index contributed by atoms with van der Waals surface area (Å²) in [7, 11) is 3.78. The van der Waals surface area contributed by atoms with E-state index in [0.29, 0.717) is 12.0 Å². The standard InChI is InChI=1S/C15H25NO/c1-6-12(7-2)15(16-4)13-10-11(3)8-9-14(13)17-5/h8-10,12,15-16H,6-7H2,1-5H3. The van der Waals surface area contributed by atoms with E-state index in [0.717, 1.165) is 5.75 Å². The van der Waals surface area contributed by atoms with Gasteiger partial charge in [-0.25, -0.2) is 0 Å². The smallest absolute Gasteiger partial charge is 0.123 e. The molecule has 17 heavy (non-hydrogen) atoms. The number of methoxy groups -OCH3 is 1. The van der Waals surface area contributed by atoms with Gasteiger partial charge < -0.3 is 10.1 Å². The Morgan fingerprint density at radius 2 is 1.88 bits per heavy atom. The third kappa shape index (κ3) is 3.22. The van der Waals surface area contributed by atoms with Crippen molar-refractivity contribution < 1.29 is 4.74 Å². The zero-order chi connectivity index (χ0) is 12.8. The Labute approximate surface area is 105 Å². The van der Waals surface area contributed by atoms with Gasteiger partial charge in [-0.15, -0.1) is 0 Å². The number of benzene rings is 1. The quantitative estimate of drug-likeness (QED) is 0.811. The molecule has 0 saturated carbocycles. The Bertz CT molecular complexity index is 345. The van der Waals surface area contributed by atoms with Crippen molar-refractivity contribution in [1.29, 1.82) is 0 Å². The summed E-state index contributed by atoms with van der Waals surface area (Å²) in [6, 6.07) is 6.78. The van der Waals surface area contributed by atoms with Gasteiger partial charge in [0.05, 0.1) is 7.11 Å². The zero-order valence-corrected chi connectivity index (χ0v) is 11.7. The van der Waals surface area contributed by atoms with Crippen molar-refractivity contribution in [1.82, 2.24) is 5.32 Å². The van der Waals surface area contributed by atoms with Crippen LogP contribution >= 0.6 is 0 Å². The first kappa shape index (κ1) is 14.0. The second-order valence-electron chi connectivity index (χ2n) is 4.59. The summed E-state index contributed by atoms with van der Waals surface area (Å²) in [5.74, 6) is 1.64. The first-order valence-corrected chi connectivity index (χ1v) is 6.49. The van der Waals surface area contributed by atoms with Crippen molar-refractivity contribution in [2.24, 2.45) is 5.92 Å². The number of aryl methyl sites for hydroxylation is 1. The predicted molar refractivity (Wildman–Crippen MR) is 73.6 cm³/mol. The fraction of sp³-hybridized carbons (Fsp3) is 0.600. The van der Waals surface area contributed by atoms with E-state index in [1.165, 1.54) is 24.0 Å². The van der Waals surface area contributed by atoms with Crippen LogP contribution in [0, 0.1) is 12.8 Å². The second kappa shape index (κ2) is 6.65. The number of hydrogen-bond acceptors (Lipinski definition) is 2. The van der Waals surface area contributed by atoms with Gasteiger partial charge in [-0.05, 0) is 26.0 Å². The highest BCUT2D eigenvalue weighted by molar-refractivity contribution is 5.39. The molecule has 0 spiro atoms. The largest absolute Gasteiger partial charge is 0.496 e. The van der Waals surface area contributed by atoms with E-state index < -0.39 is 0 Å². The first-order valence-electron chi connectivity index (χ1n) is 6.49. The Hall–Kier alpha value is -1.02. The van der Waals surface area contributed by atoms with Gasteiger partial charge in [0.1, 0.15) is 5.75 Å². The summed E-state index contributed by atoms with van der Waals surface area (Å²) >= 11 is 0. The van der Waals surface area contributed by atoms with Crippen LogP contribution in [0.5, 0.6) is 5.75 Å². The highest BCUT2D eigenvalue weighted by Gasteiger charge is 2.21. The maximum atomic E-state index is 5.48. The van der Waals surface area contributed by atoms with Crippen LogP contribution in [0.15, 0.2) is 18.2 Å². The number of rotatable bonds is 6. The molecule has 0 bridgehead atoms. The lowest BCUT2D eigenvalue weighted by Gasteiger charge is -2.27. The molecule has 1 unspecified atom stereocenters. The van der Waals surface area contributed by atoms with Gasteiger partial charge >= 0.3 is 0 Å². The van der Waals surface area contributed by atoms with Crippen molar-refractivity contribution in [3.8, 4) is 5.75 Å². The van der Waals surface area contributed by atoms with Crippen LogP contribution in [0.25, 0.3) is 0 Å². The third-order valence-electron chi connectivity index (χ3n) is 3.55. The van der Waals surface area contributed by atoms with Gasteiger partial charge in [-0.1, -0.05) is 44.4 Å². The number of hydrogen-bond donors (Lipinski definition) is 1. The predicted octanol–water partition coefficient (Wildman–Crippen LogP) is 3.70. The molecule has 1 rings (SSSR count). The van der Waals surface area contributed by atoms with Crippen molar-refractivity contribution >= 4 is 0 Å². The van der Waals surface area contributed by atoms with Gasteiger partial charge in [0, 0.05) is 11.6 Å². The molecular formula is C15H25NO. The molecule has 1 aromatic rings. The molecule has 0 amide bonds. The normalized spacial score (nSPS) is 12.8. The first-order chi connectivity index (χ1) is 8.17. The minimum atomic E-state index is 0.375. The van der Waals surface area contributed by atoms with Crippen LogP contribution < -0.4 is 10.1 Å². The van der Waals surface area contributed by atoms with E-state index in [9.17, 15) is 0 Å². The van der Waals surface area contributed by atoms with Gasteiger partial charge in [0.2, 0.25) is 0 Å². The highest BCUT2D eigenvalue weighted by Crippen LogP contribution is 2.33. The molecule has 0 fully saturated rings. The van der Waals surface area contributed by atoms with E-state index in [2.05, 4.69) is 44.3 Å². The van der Waals surface area contributed by atoms with Crippen LogP contribution in [-0.4, -0.2) is 14.2 Å². The molecule has 0 saturated heterocycles. The summed E-state index contributed by atoms with van der Waals surface area (Å²) in [6.45, 7) is 6.63. The molecule has 1 atom stereocenters. The minimum absolute atomic E-state index is 0.375. The molecular weight excluding hydrogens is 210 g/mol. The summed E-state index contributed by atoms with van der Waals surface area (Å²) in [4.78, 5) is 0. The topological polar surface area (TPSA) is 21.3 Å². The Kier molecular flexibility index (Phi) is 5.49. The zero-order valence-electron chi connectivity index (χ0n) is 11.7.